The van der Waals surface area contributed by atoms with Crippen molar-refractivity contribution in [3.8, 4) is 0 Å². The Labute approximate surface area is 120 Å². The van der Waals surface area contributed by atoms with Crippen LogP contribution in [0.2, 0.25) is 15.1 Å². The lowest BCUT2D eigenvalue weighted by molar-refractivity contribution is -0.354. The highest BCUT2D eigenvalue weighted by Gasteiger charge is 2.08. The topological polar surface area (TPSA) is 26.1 Å². The second-order valence-corrected chi connectivity index (χ2v) is 4.80. The summed E-state index contributed by atoms with van der Waals surface area (Å²) in [7, 11) is 0. The SMILES string of the molecule is [O-][N+](=Cc1cc(Cl)c(Cl)cc1Cl)c1ccccc1. The van der Waals surface area contributed by atoms with E-state index in [2.05, 4.69) is 0 Å². The van der Waals surface area contributed by atoms with Gasteiger partial charge in [0.1, 0.15) is 0 Å². The molecule has 0 saturated carbocycles. The van der Waals surface area contributed by atoms with E-state index in [-0.39, 0.29) is 0 Å². The van der Waals surface area contributed by atoms with Gasteiger partial charge in [0.05, 0.1) is 20.6 Å². The van der Waals surface area contributed by atoms with Gasteiger partial charge in [-0.3, -0.25) is 0 Å². The van der Waals surface area contributed by atoms with E-state index in [9.17, 15) is 5.21 Å². The van der Waals surface area contributed by atoms with Crippen LogP contribution in [0.4, 0.5) is 5.69 Å². The lowest BCUT2D eigenvalue weighted by atomic mass is 10.2. The van der Waals surface area contributed by atoms with Gasteiger partial charge < -0.3 is 5.21 Å². The Kier molecular flexibility index (Phi) is 4.12. The summed E-state index contributed by atoms with van der Waals surface area (Å²) in [5, 5.41) is 13.0. The fraction of sp³-hybridized carbons (Fsp3) is 0. The summed E-state index contributed by atoms with van der Waals surface area (Å²) in [4.78, 5) is 0. The average Bonchev–Trinajstić information content (AvgIpc) is 2.37. The van der Waals surface area contributed by atoms with Crippen molar-refractivity contribution < 1.29 is 4.74 Å². The van der Waals surface area contributed by atoms with Gasteiger partial charge in [-0.25, -0.2) is 0 Å². The molecule has 0 bridgehead atoms. The molecule has 2 aromatic carbocycles. The maximum Gasteiger partial charge on any atom is 0.216 e. The van der Waals surface area contributed by atoms with E-state index in [0.29, 0.717) is 26.3 Å². The molecule has 18 heavy (non-hydrogen) atoms. The first kappa shape index (κ1) is 13.2. The summed E-state index contributed by atoms with van der Waals surface area (Å²) in [6.45, 7) is 0. The van der Waals surface area contributed by atoms with Crippen LogP contribution in [0, 0.1) is 5.21 Å². The molecule has 0 amide bonds. The van der Waals surface area contributed by atoms with Crippen molar-refractivity contribution in [3.05, 3.63) is 68.3 Å². The average molecular weight is 301 g/mol. The van der Waals surface area contributed by atoms with E-state index in [1.54, 1.807) is 30.3 Å². The molecule has 0 aromatic heterocycles. The van der Waals surface area contributed by atoms with Gasteiger partial charge in [0.2, 0.25) is 5.69 Å². The van der Waals surface area contributed by atoms with Crippen LogP contribution in [0.25, 0.3) is 0 Å². The van der Waals surface area contributed by atoms with Crippen LogP contribution >= 0.6 is 34.8 Å². The van der Waals surface area contributed by atoms with Crippen LogP contribution in [0.15, 0.2) is 42.5 Å². The van der Waals surface area contributed by atoms with Gasteiger partial charge in [-0.2, -0.15) is 4.74 Å². The Morgan fingerprint density at radius 3 is 2.17 bits per heavy atom. The van der Waals surface area contributed by atoms with Gasteiger partial charge in [0.15, 0.2) is 6.21 Å². The predicted octanol–water partition coefficient (Wildman–Crippen LogP) is 4.91. The second-order valence-electron chi connectivity index (χ2n) is 3.58. The second kappa shape index (κ2) is 5.61. The summed E-state index contributed by atoms with van der Waals surface area (Å²) in [6.07, 6.45) is 1.36. The fourth-order valence-electron chi connectivity index (χ4n) is 1.41. The van der Waals surface area contributed by atoms with Gasteiger partial charge >= 0.3 is 0 Å². The minimum Gasteiger partial charge on any atom is -0.618 e. The number of nitrogens with zero attached hydrogens (tertiary/aromatic N) is 1. The van der Waals surface area contributed by atoms with Crippen LogP contribution in [0.3, 0.4) is 0 Å². The number of hydrogen-bond acceptors (Lipinski definition) is 1. The van der Waals surface area contributed by atoms with Gasteiger partial charge in [0.25, 0.3) is 0 Å². The standard InChI is InChI=1S/C13H8Cl3NO/c14-11-7-13(16)12(15)6-9(11)8-17(18)10-4-2-1-3-5-10/h1-8H. The first-order chi connectivity index (χ1) is 8.58. The van der Waals surface area contributed by atoms with Gasteiger partial charge in [-0.05, 0) is 12.1 Å². The lowest BCUT2D eigenvalue weighted by Gasteiger charge is -2.04. The normalized spacial score (nSPS) is 11.6. The molecule has 2 nitrogen and oxygen atoms in total. The summed E-state index contributed by atoms with van der Waals surface area (Å²) in [5.74, 6) is 0. The smallest absolute Gasteiger partial charge is 0.216 e. The monoisotopic (exact) mass is 299 g/mol. The van der Waals surface area contributed by atoms with E-state index in [0.717, 1.165) is 4.74 Å². The van der Waals surface area contributed by atoms with Crippen LogP contribution in [-0.4, -0.2) is 11.0 Å². The Morgan fingerprint density at radius 1 is 0.889 bits per heavy atom. The van der Waals surface area contributed by atoms with E-state index < -0.39 is 0 Å². The zero-order valence-electron chi connectivity index (χ0n) is 9.11. The van der Waals surface area contributed by atoms with E-state index >= 15 is 0 Å². The van der Waals surface area contributed by atoms with Crippen LogP contribution in [-0.2, 0) is 0 Å². The number of benzene rings is 2. The molecular formula is C13H8Cl3NO. The van der Waals surface area contributed by atoms with Gasteiger partial charge in [-0.15, -0.1) is 0 Å². The molecule has 0 atom stereocenters. The number of hydrogen-bond donors (Lipinski definition) is 0. The Morgan fingerprint density at radius 2 is 1.50 bits per heavy atom. The molecule has 0 aliphatic rings. The summed E-state index contributed by atoms with van der Waals surface area (Å²) >= 11 is 17.7. The Bertz CT molecular complexity index is 597. The molecule has 92 valence electrons. The predicted molar refractivity (Wildman–Crippen MR) is 76.4 cm³/mol. The summed E-state index contributed by atoms with van der Waals surface area (Å²) < 4.78 is 0.728. The molecule has 0 heterocycles. The highest BCUT2D eigenvalue weighted by atomic mass is 35.5. The van der Waals surface area contributed by atoms with Gasteiger partial charge in [0, 0.05) is 12.1 Å². The molecule has 0 radical (unpaired) electrons. The van der Waals surface area contributed by atoms with E-state index in [1.165, 1.54) is 12.3 Å². The largest absolute Gasteiger partial charge is 0.618 e. The molecule has 0 fully saturated rings. The van der Waals surface area contributed by atoms with Crippen molar-refractivity contribution in [3.63, 3.8) is 0 Å². The Balaban J connectivity index is 2.42. The molecule has 0 N–H and O–H groups in total. The third-order valence-corrected chi connectivity index (χ3v) is 3.36. The molecule has 0 aliphatic heterocycles. The van der Waals surface area contributed by atoms with Gasteiger partial charge in [-0.1, -0.05) is 53.0 Å². The molecule has 0 spiro atoms. The van der Waals surface area contributed by atoms with Crippen LogP contribution < -0.4 is 0 Å². The first-order valence-electron chi connectivity index (χ1n) is 5.09. The molecule has 0 unspecified atom stereocenters. The summed E-state index contributed by atoms with van der Waals surface area (Å²) in [6, 6.07) is 11.9. The van der Waals surface area contributed by atoms with Crippen molar-refractivity contribution in [1.82, 2.24) is 0 Å². The minimum atomic E-state index is 0.355. The van der Waals surface area contributed by atoms with Crippen molar-refractivity contribution >= 4 is 46.7 Å². The molecule has 0 saturated heterocycles. The quantitative estimate of drug-likeness (QED) is 0.254. The van der Waals surface area contributed by atoms with Crippen molar-refractivity contribution in [1.29, 1.82) is 0 Å². The molecule has 5 heteroatoms. The lowest BCUT2D eigenvalue weighted by Crippen LogP contribution is -1.99. The van der Waals surface area contributed by atoms with Crippen LogP contribution in [0.5, 0.6) is 0 Å². The minimum absolute atomic E-state index is 0.355. The van der Waals surface area contributed by atoms with Crippen LogP contribution in [0.1, 0.15) is 5.56 Å². The highest BCUT2D eigenvalue weighted by molar-refractivity contribution is 6.43. The molecular weight excluding hydrogens is 293 g/mol. The molecule has 0 aliphatic carbocycles. The van der Waals surface area contributed by atoms with E-state index in [1.807, 2.05) is 6.07 Å². The third-order valence-electron chi connectivity index (χ3n) is 2.31. The maximum atomic E-state index is 11.9. The summed E-state index contributed by atoms with van der Waals surface area (Å²) in [5.41, 5.74) is 1.03. The van der Waals surface area contributed by atoms with E-state index in [4.69, 9.17) is 34.8 Å². The van der Waals surface area contributed by atoms with Crippen molar-refractivity contribution in [2.45, 2.75) is 0 Å². The zero-order chi connectivity index (χ0) is 13.1. The highest BCUT2D eigenvalue weighted by Crippen LogP contribution is 2.28. The number of halogens is 3. The fourth-order valence-corrected chi connectivity index (χ4v) is 2.02. The maximum absolute atomic E-state index is 11.9. The third kappa shape index (κ3) is 2.96. The first-order valence-corrected chi connectivity index (χ1v) is 6.22. The number of rotatable bonds is 2. The molecule has 2 aromatic rings. The van der Waals surface area contributed by atoms with Crippen molar-refractivity contribution in [2.75, 3.05) is 0 Å². The zero-order valence-corrected chi connectivity index (χ0v) is 11.4. The van der Waals surface area contributed by atoms with Crippen molar-refractivity contribution in [2.24, 2.45) is 0 Å². The molecule has 2 rings (SSSR count). The number of para-hydroxylation sites is 1. The Hall–Kier alpha value is -1.22.